The normalized spacial score (nSPS) is 14.2. The van der Waals surface area contributed by atoms with Gasteiger partial charge in [0.15, 0.2) is 0 Å². The molecule has 6 aromatic carbocycles. The fraction of sp³-hybridized carbons (Fsp3) is 0.100. The van der Waals surface area contributed by atoms with Crippen LogP contribution in [0.1, 0.15) is 36.1 Å². The Kier molecular flexibility index (Phi) is 4.51. The van der Waals surface area contributed by atoms with E-state index in [1.54, 1.807) is 0 Å². The highest BCUT2D eigenvalue weighted by Crippen LogP contribution is 2.50. The summed E-state index contributed by atoms with van der Waals surface area (Å²) in [6.07, 6.45) is 0.979. The lowest BCUT2D eigenvalue weighted by Gasteiger charge is -2.22. The molecule has 2 aliphatic carbocycles. The van der Waals surface area contributed by atoms with Gasteiger partial charge in [-0.1, -0.05) is 111 Å². The first kappa shape index (κ1) is 22.9. The van der Waals surface area contributed by atoms with Crippen molar-refractivity contribution in [3.63, 3.8) is 0 Å². The van der Waals surface area contributed by atoms with Crippen LogP contribution in [-0.4, -0.2) is 0 Å². The molecule has 0 amide bonds. The van der Waals surface area contributed by atoms with E-state index in [-0.39, 0.29) is 5.41 Å². The Morgan fingerprint density at radius 2 is 1.12 bits per heavy atom. The van der Waals surface area contributed by atoms with Crippen molar-refractivity contribution in [1.29, 1.82) is 0 Å². The van der Waals surface area contributed by atoms with Gasteiger partial charge in [-0.25, -0.2) is 0 Å². The number of rotatable bonds is 2. The maximum atomic E-state index is 6.38. The second-order valence-corrected chi connectivity index (χ2v) is 12.1. The summed E-state index contributed by atoms with van der Waals surface area (Å²) in [4.78, 5) is 0. The number of benzene rings is 6. The van der Waals surface area contributed by atoms with E-state index in [9.17, 15) is 0 Å². The van der Waals surface area contributed by atoms with Gasteiger partial charge < -0.3 is 4.42 Å². The van der Waals surface area contributed by atoms with Gasteiger partial charge in [0.25, 0.3) is 0 Å². The second-order valence-electron chi connectivity index (χ2n) is 12.1. The Morgan fingerprint density at radius 1 is 0.488 bits per heavy atom. The van der Waals surface area contributed by atoms with Crippen LogP contribution in [-0.2, 0) is 11.8 Å². The van der Waals surface area contributed by atoms with E-state index in [1.165, 1.54) is 72.0 Å². The first-order chi connectivity index (χ1) is 20.1. The molecule has 7 aromatic rings. The van der Waals surface area contributed by atoms with Crippen molar-refractivity contribution in [2.45, 2.75) is 25.7 Å². The molecule has 2 aliphatic rings. The molecule has 0 saturated heterocycles. The zero-order chi connectivity index (χ0) is 27.3. The minimum absolute atomic E-state index is 0.00214. The molecule has 1 heterocycles. The van der Waals surface area contributed by atoms with Gasteiger partial charge in [-0.3, -0.25) is 0 Å². The Bertz CT molecular complexity index is 2210. The van der Waals surface area contributed by atoms with E-state index in [4.69, 9.17) is 4.42 Å². The van der Waals surface area contributed by atoms with Crippen molar-refractivity contribution in [3.8, 4) is 44.5 Å². The maximum Gasteiger partial charge on any atom is 0.143 e. The summed E-state index contributed by atoms with van der Waals surface area (Å²) in [6.45, 7) is 4.70. The van der Waals surface area contributed by atoms with Crippen LogP contribution in [0.5, 0.6) is 0 Å². The summed E-state index contributed by atoms with van der Waals surface area (Å²) < 4.78 is 6.38. The van der Waals surface area contributed by atoms with Crippen LogP contribution in [0.3, 0.4) is 0 Å². The van der Waals surface area contributed by atoms with Crippen LogP contribution in [0.25, 0.3) is 66.4 Å². The molecule has 0 atom stereocenters. The molecular formula is C40H28O. The van der Waals surface area contributed by atoms with Crippen LogP contribution in [0, 0.1) is 0 Å². The summed E-state index contributed by atoms with van der Waals surface area (Å²) >= 11 is 0. The minimum atomic E-state index is -0.00214. The van der Waals surface area contributed by atoms with Crippen LogP contribution < -0.4 is 0 Å². The first-order valence-corrected chi connectivity index (χ1v) is 14.5. The van der Waals surface area contributed by atoms with Gasteiger partial charge in [0, 0.05) is 21.8 Å². The predicted octanol–water partition coefficient (Wildman–Crippen LogP) is 10.8. The van der Waals surface area contributed by atoms with Crippen LogP contribution >= 0.6 is 0 Å². The van der Waals surface area contributed by atoms with E-state index in [0.717, 1.165) is 23.2 Å². The van der Waals surface area contributed by atoms with Crippen molar-refractivity contribution in [2.75, 3.05) is 0 Å². The van der Waals surface area contributed by atoms with Gasteiger partial charge in [-0.2, -0.15) is 0 Å². The lowest BCUT2D eigenvalue weighted by atomic mass is 9.81. The van der Waals surface area contributed by atoms with E-state index in [0.29, 0.717) is 0 Å². The Balaban J connectivity index is 1.15. The summed E-state index contributed by atoms with van der Waals surface area (Å²) in [5.41, 5.74) is 17.8. The largest absolute Gasteiger partial charge is 0.455 e. The third-order valence-corrected chi connectivity index (χ3v) is 9.52. The fourth-order valence-corrected chi connectivity index (χ4v) is 7.37. The quantitative estimate of drug-likeness (QED) is 0.219. The fourth-order valence-electron chi connectivity index (χ4n) is 7.37. The van der Waals surface area contributed by atoms with Gasteiger partial charge in [-0.05, 0) is 91.9 Å². The van der Waals surface area contributed by atoms with Gasteiger partial charge in [-0.15, -0.1) is 0 Å². The smallest absolute Gasteiger partial charge is 0.143 e. The van der Waals surface area contributed by atoms with Crippen molar-refractivity contribution in [1.82, 2.24) is 0 Å². The number of hydrogen-bond acceptors (Lipinski definition) is 1. The number of hydrogen-bond donors (Lipinski definition) is 0. The first-order valence-electron chi connectivity index (χ1n) is 14.5. The minimum Gasteiger partial charge on any atom is -0.455 e. The predicted molar refractivity (Wildman–Crippen MR) is 170 cm³/mol. The summed E-state index contributed by atoms with van der Waals surface area (Å²) in [5, 5.41) is 2.34. The maximum absolute atomic E-state index is 6.38. The van der Waals surface area contributed by atoms with E-state index < -0.39 is 0 Å². The van der Waals surface area contributed by atoms with Crippen LogP contribution in [0.2, 0.25) is 0 Å². The van der Waals surface area contributed by atoms with Crippen molar-refractivity contribution < 1.29 is 4.42 Å². The highest BCUT2D eigenvalue weighted by Gasteiger charge is 2.35. The zero-order valence-electron chi connectivity index (χ0n) is 23.2. The molecule has 0 aliphatic heterocycles. The zero-order valence-corrected chi connectivity index (χ0v) is 23.2. The molecule has 0 saturated carbocycles. The summed E-state index contributed by atoms with van der Waals surface area (Å²) in [6, 6.07) is 44.7. The lowest BCUT2D eigenvalue weighted by molar-refractivity contribution is 0.660. The highest BCUT2D eigenvalue weighted by atomic mass is 16.3. The lowest BCUT2D eigenvalue weighted by Crippen LogP contribution is -2.14. The standard InChI is InChI=1S/C40H28O/c1-40(2)36-12-5-3-8-30(36)31-19-18-25(23-37(31)40)24-14-15-26-20-27-16-17-28(22-35(27)34(26)21-24)29-10-7-11-33-32-9-4-6-13-38(32)41-39(29)33/h3-19,21-23H,20H2,1-2H3. The highest BCUT2D eigenvalue weighted by molar-refractivity contribution is 6.09. The molecule has 0 fully saturated rings. The Labute approximate surface area is 239 Å². The molecule has 1 heteroatoms. The number of fused-ring (bicyclic) bond motifs is 9. The van der Waals surface area contributed by atoms with Gasteiger partial charge in [0.2, 0.25) is 0 Å². The molecule has 1 aromatic heterocycles. The van der Waals surface area contributed by atoms with Crippen molar-refractivity contribution in [2.24, 2.45) is 0 Å². The molecule has 0 spiro atoms. The average Bonchev–Trinajstić information content (AvgIpc) is 3.64. The molecule has 1 nitrogen and oxygen atoms in total. The second kappa shape index (κ2) is 8.08. The molecule has 0 bridgehead atoms. The number of para-hydroxylation sites is 2. The van der Waals surface area contributed by atoms with Gasteiger partial charge in [0.05, 0.1) is 0 Å². The molecule has 9 rings (SSSR count). The van der Waals surface area contributed by atoms with E-state index >= 15 is 0 Å². The molecule has 41 heavy (non-hydrogen) atoms. The van der Waals surface area contributed by atoms with E-state index in [1.807, 2.05) is 6.07 Å². The SMILES string of the molecule is CC1(C)c2ccccc2-c2ccc(-c3ccc4c(c3)-c3cc(-c5cccc6c5oc5ccccc56)ccc3C4)cc21. The molecule has 0 N–H and O–H groups in total. The van der Waals surface area contributed by atoms with Crippen LogP contribution in [0.15, 0.2) is 126 Å². The van der Waals surface area contributed by atoms with Crippen LogP contribution in [0.4, 0.5) is 0 Å². The van der Waals surface area contributed by atoms with E-state index in [2.05, 4.69) is 129 Å². The topological polar surface area (TPSA) is 13.1 Å². The third kappa shape index (κ3) is 3.18. The van der Waals surface area contributed by atoms with Crippen molar-refractivity contribution in [3.05, 3.63) is 144 Å². The number of furan rings is 1. The Morgan fingerprint density at radius 3 is 2.00 bits per heavy atom. The Hall–Kier alpha value is -4.88. The monoisotopic (exact) mass is 524 g/mol. The molecule has 0 unspecified atom stereocenters. The summed E-state index contributed by atoms with van der Waals surface area (Å²) in [5.74, 6) is 0. The van der Waals surface area contributed by atoms with Crippen molar-refractivity contribution >= 4 is 21.9 Å². The molecule has 0 radical (unpaired) electrons. The average molecular weight is 525 g/mol. The van der Waals surface area contributed by atoms with Gasteiger partial charge in [0.1, 0.15) is 11.2 Å². The third-order valence-electron chi connectivity index (χ3n) is 9.52. The molecule has 194 valence electrons. The molecular weight excluding hydrogens is 496 g/mol. The summed E-state index contributed by atoms with van der Waals surface area (Å²) in [7, 11) is 0. The van der Waals surface area contributed by atoms with Gasteiger partial charge >= 0.3 is 0 Å².